The zero-order chi connectivity index (χ0) is 21.2. The maximum absolute atomic E-state index is 13.5. The lowest BCUT2D eigenvalue weighted by Crippen LogP contribution is -2.16. The Kier molecular flexibility index (Phi) is 5.99. The van der Waals surface area contributed by atoms with Crippen LogP contribution in [-0.2, 0) is 21.2 Å². The highest BCUT2D eigenvalue weighted by atomic mass is 35.5. The van der Waals surface area contributed by atoms with E-state index in [4.69, 9.17) is 26.2 Å². The van der Waals surface area contributed by atoms with E-state index in [9.17, 15) is 13.2 Å². The van der Waals surface area contributed by atoms with Crippen LogP contribution in [0.5, 0.6) is 11.5 Å². The van der Waals surface area contributed by atoms with Gasteiger partial charge in [-0.25, -0.2) is 17.4 Å². The Morgan fingerprint density at radius 3 is 2.38 bits per heavy atom. The summed E-state index contributed by atoms with van der Waals surface area (Å²) < 4.78 is 38.6. The SMILES string of the molecule is COc1cc(OC)cc(S(=O)(=O)n2c(CCCC(=O)O)cc3nc(Cl)ccc32)c1. The summed E-state index contributed by atoms with van der Waals surface area (Å²) in [5.41, 5.74) is 1.17. The number of methoxy groups -OCH3 is 2. The molecule has 10 heteroatoms. The lowest BCUT2D eigenvalue weighted by molar-refractivity contribution is -0.137. The Labute approximate surface area is 172 Å². The molecule has 0 amide bonds. The molecule has 29 heavy (non-hydrogen) atoms. The number of ether oxygens (including phenoxy) is 2. The van der Waals surface area contributed by atoms with Crippen LogP contribution in [0.3, 0.4) is 0 Å². The molecule has 3 rings (SSSR count). The van der Waals surface area contributed by atoms with Gasteiger partial charge < -0.3 is 14.6 Å². The van der Waals surface area contributed by atoms with Gasteiger partial charge in [0.25, 0.3) is 10.0 Å². The fraction of sp³-hybridized carbons (Fsp3) is 0.263. The van der Waals surface area contributed by atoms with Gasteiger partial charge in [0.1, 0.15) is 16.7 Å². The highest BCUT2D eigenvalue weighted by Crippen LogP contribution is 2.31. The first-order valence-corrected chi connectivity index (χ1v) is 10.5. The number of carboxylic acid groups (broad SMARTS) is 1. The summed E-state index contributed by atoms with van der Waals surface area (Å²) in [6.45, 7) is 0. The first-order chi connectivity index (χ1) is 13.8. The number of hydrogen-bond donors (Lipinski definition) is 1. The van der Waals surface area contributed by atoms with Gasteiger partial charge in [-0.3, -0.25) is 4.79 Å². The van der Waals surface area contributed by atoms with Crippen molar-refractivity contribution in [3.8, 4) is 11.5 Å². The third-order valence-corrected chi connectivity index (χ3v) is 6.29. The average molecular weight is 439 g/mol. The van der Waals surface area contributed by atoms with Crippen LogP contribution in [0.4, 0.5) is 0 Å². The molecule has 0 aliphatic heterocycles. The van der Waals surface area contributed by atoms with Gasteiger partial charge in [0.2, 0.25) is 0 Å². The Morgan fingerprint density at radius 2 is 1.79 bits per heavy atom. The van der Waals surface area contributed by atoms with Gasteiger partial charge in [0.15, 0.2) is 0 Å². The summed E-state index contributed by atoms with van der Waals surface area (Å²) in [4.78, 5) is 15.0. The molecule has 0 atom stereocenters. The molecule has 0 bridgehead atoms. The van der Waals surface area contributed by atoms with Crippen molar-refractivity contribution in [2.45, 2.75) is 24.2 Å². The average Bonchev–Trinajstić information content (AvgIpc) is 3.05. The quantitative estimate of drug-likeness (QED) is 0.537. The van der Waals surface area contributed by atoms with Gasteiger partial charge in [-0.15, -0.1) is 0 Å². The topological polar surface area (TPSA) is 108 Å². The molecule has 0 radical (unpaired) electrons. The number of pyridine rings is 1. The van der Waals surface area contributed by atoms with E-state index in [-0.39, 0.29) is 29.3 Å². The summed E-state index contributed by atoms with van der Waals surface area (Å²) in [5, 5.41) is 9.14. The van der Waals surface area contributed by atoms with Gasteiger partial charge in [0.05, 0.1) is 30.1 Å². The molecular weight excluding hydrogens is 420 g/mol. The van der Waals surface area contributed by atoms with Crippen LogP contribution in [0, 0.1) is 0 Å². The third-order valence-electron chi connectivity index (χ3n) is 4.34. The number of rotatable bonds is 8. The molecular formula is C19H19ClN2O6S. The summed E-state index contributed by atoms with van der Waals surface area (Å²) in [7, 11) is -1.20. The largest absolute Gasteiger partial charge is 0.497 e. The number of aliphatic carboxylic acids is 1. The van der Waals surface area contributed by atoms with E-state index in [1.54, 1.807) is 18.2 Å². The summed E-state index contributed by atoms with van der Waals surface area (Å²) in [5.74, 6) is -0.296. The first kappa shape index (κ1) is 20.9. The van der Waals surface area contributed by atoms with Gasteiger partial charge in [0, 0.05) is 30.3 Å². The molecule has 2 heterocycles. The van der Waals surface area contributed by atoms with Crippen molar-refractivity contribution in [3.05, 3.63) is 47.2 Å². The fourth-order valence-corrected chi connectivity index (χ4v) is 4.77. The Hall–Kier alpha value is -2.78. The monoisotopic (exact) mass is 438 g/mol. The highest BCUT2D eigenvalue weighted by molar-refractivity contribution is 7.90. The highest BCUT2D eigenvalue weighted by Gasteiger charge is 2.25. The molecule has 1 N–H and O–H groups in total. The summed E-state index contributed by atoms with van der Waals surface area (Å²) in [6.07, 6.45) is 0.430. The van der Waals surface area contributed by atoms with Crippen LogP contribution in [0.15, 0.2) is 41.3 Å². The number of fused-ring (bicyclic) bond motifs is 1. The van der Waals surface area contributed by atoms with E-state index in [0.29, 0.717) is 28.2 Å². The van der Waals surface area contributed by atoms with E-state index in [1.807, 2.05) is 0 Å². The van der Waals surface area contributed by atoms with Gasteiger partial charge in [-0.2, -0.15) is 0 Å². The van der Waals surface area contributed by atoms with E-state index >= 15 is 0 Å². The fourth-order valence-electron chi connectivity index (χ4n) is 3.01. The van der Waals surface area contributed by atoms with Crippen molar-refractivity contribution in [1.29, 1.82) is 0 Å². The van der Waals surface area contributed by atoms with Crippen LogP contribution >= 0.6 is 11.6 Å². The summed E-state index contributed by atoms with van der Waals surface area (Å²) in [6, 6.07) is 9.05. The molecule has 0 spiro atoms. The predicted molar refractivity (Wildman–Crippen MR) is 107 cm³/mol. The Morgan fingerprint density at radius 1 is 1.14 bits per heavy atom. The number of halogens is 1. The molecule has 3 aromatic rings. The molecule has 0 unspecified atom stereocenters. The number of carbonyl (C=O) groups is 1. The lowest BCUT2D eigenvalue weighted by Gasteiger charge is -2.14. The van der Waals surface area contributed by atoms with Crippen LogP contribution in [0.2, 0.25) is 5.15 Å². The van der Waals surface area contributed by atoms with E-state index in [2.05, 4.69) is 4.98 Å². The molecule has 154 valence electrons. The molecule has 1 aromatic carbocycles. The maximum atomic E-state index is 13.5. The van der Waals surface area contributed by atoms with Crippen molar-refractivity contribution in [2.75, 3.05) is 14.2 Å². The number of hydrogen-bond acceptors (Lipinski definition) is 6. The first-order valence-electron chi connectivity index (χ1n) is 8.63. The number of carboxylic acids is 1. The number of nitrogens with zero attached hydrogens (tertiary/aromatic N) is 2. The molecule has 0 fully saturated rings. The molecule has 0 aliphatic carbocycles. The molecule has 8 nitrogen and oxygen atoms in total. The smallest absolute Gasteiger partial charge is 0.303 e. The zero-order valence-electron chi connectivity index (χ0n) is 15.8. The van der Waals surface area contributed by atoms with E-state index in [1.165, 1.54) is 36.4 Å². The maximum Gasteiger partial charge on any atom is 0.303 e. The predicted octanol–water partition coefficient (Wildman–Crippen LogP) is 3.35. The van der Waals surface area contributed by atoms with Crippen molar-refractivity contribution >= 4 is 38.6 Å². The van der Waals surface area contributed by atoms with Crippen molar-refractivity contribution in [2.24, 2.45) is 0 Å². The van der Waals surface area contributed by atoms with Gasteiger partial charge >= 0.3 is 5.97 Å². The van der Waals surface area contributed by atoms with Crippen molar-refractivity contribution < 1.29 is 27.8 Å². The standard InChI is InChI=1S/C19H19ClN2O6S/c1-27-13-9-14(28-2)11-15(10-13)29(25,26)22-12(4-3-5-19(23)24)8-16-17(22)6-7-18(20)21-16/h6-11H,3-5H2,1-2H3,(H,23,24). The minimum atomic E-state index is -4.06. The van der Waals surface area contributed by atoms with Gasteiger partial charge in [-0.05, 0) is 31.0 Å². The third kappa shape index (κ3) is 4.30. The number of aromatic nitrogens is 2. The molecule has 2 aromatic heterocycles. The van der Waals surface area contributed by atoms with Crippen LogP contribution in [-0.4, -0.2) is 42.7 Å². The minimum Gasteiger partial charge on any atom is -0.497 e. The van der Waals surface area contributed by atoms with Gasteiger partial charge in [-0.1, -0.05) is 11.6 Å². The summed E-state index contributed by atoms with van der Waals surface area (Å²) >= 11 is 5.96. The second-order valence-electron chi connectivity index (χ2n) is 6.24. The second-order valence-corrected chi connectivity index (χ2v) is 8.41. The van der Waals surface area contributed by atoms with Crippen molar-refractivity contribution in [1.82, 2.24) is 8.96 Å². The Balaban J connectivity index is 2.19. The van der Waals surface area contributed by atoms with E-state index < -0.39 is 16.0 Å². The Bertz CT molecular complexity index is 1150. The van der Waals surface area contributed by atoms with Crippen LogP contribution in [0.1, 0.15) is 18.5 Å². The second kappa shape index (κ2) is 8.30. The number of aryl methyl sites for hydroxylation is 1. The minimum absolute atomic E-state index is 0.0272. The normalized spacial score (nSPS) is 11.6. The lowest BCUT2D eigenvalue weighted by atomic mass is 10.2. The zero-order valence-corrected chi connectivity index (χ0v) is 17.3. The van der Waals surface area contributed by atoms with Crippen LogP contribution in [0.25, 0.3) is 11.0 Å². The van der Waals surface area contributed by atoms with E-state index in [0.717, 1.165) is 0 Å². The van der Waals surface area contributed by atoms with Crippen molar-refractivity contribution in [3.63, 3.8) is 0 Å². The molecule has 0 aliphatic rings. The molecule has 0 saturated carbocycles. The number of benzene rings is 1. The molecule has 0 saturated heterocycles. The van der Waals surface area contributed by atoms with Crippen LogP contribution < -0.4 is 9.47 Å².